The Hall–Kier alpha value is -2.87. The number of aryl methyl sites for hydroxylation is 2. The number of benzene rings is 3. The molecular formula is C26H27NO. The van der Waals surface area contributed by atoms with Crippen molar-refractivity contribution in [2.45, 2.75) is 45.1 Å². The Morgan fingerprint density at radius 2 is 1.54 bits per heavy atom. The Morgan fingerprint density at radius 1 is 0.857 bits per heavy atom. The first kappa shape index (κ1) is 18.5. The van der Waals surface area contributed by atoms with Gasteiger partial charge in [0.1, 0.15) is 0 Å². The second-order valence-electron chi connectivity index (χ2n) is 7.61. The average molecular weight is 370 g/mol. The van der Waals surface area contributed by atoms with E-state index < -0.39 is 0 Å². The van der Waals surface area contributed by atoms with Crippen LogP contribution in [-0.4, -0.2) is 5.91 Å². The van der Waals surface area contributed by atoms with Crippen molar-refractivity contribution in [3.8, 4) is 11.1 Å². The number of hydrogen-bond donors (Lipinski definition) is 1. The Morgan fingerprint density at radius 3 is 2.25 bits per heavy atom. The summed E-state index contributed by atoms with van der Waals surface area (Å²) in [6.07, 6.45) is 5.79. The normalized spacial score (nSPS) is 14.2. The first-order valence-corrected chi connectivity index (χ1v) is 10.3. The summed E-state index contributed by atoms with van der Waals surface area (Å²) >= 11 is 0. The molecular weight excluding hydrogens is 342 g/mol. The molecule has 0 fully saturated rings. The molecule has 1 amide bonds. The third-order valence-electron chi connectivity index (χ3n) is 5.74. The van der Waals surface area contributed by atoms with E-state index in [0.717, 1.165) is 24.0 Å². The second kappa shape index (κ2) is 8.43. The molecule has 1 aliphatic carbocycles. The van der Waals surface area contributed by atoms with Gasteiger partial charge in [-0.15, -0.1) is 0 Å². The SMILES string of the molecule is CC[C@@H](NC(=O)c1ccc(-c2ccccc2)cc1)c1ccc2c(c1)CCCC2. The Bertz CT molecular complexity index is 944. The van der Waals surface area contributed by atoms with Gasteiger partial charge in [-0.3, -0.25) is 4.79 Å². The maximum absolute atomic E-state index is 12.8. The van der Waals surface area contributed by atoms with Crippen molar-refractivity contribution in [2.75, 3.05) is 0 Å². The minimum absolute atomic E-state index is 0.0100. The molecule has 1 aliphatic rings. The van der Waals surface area contributed by atoms with Crippen molar-refractivity contribution in [3.05, 3.63) is 95.1 Å². The quantitative estimate of drug-likeness (QED) is 0.577. The van der Waals surface area contributed by atoms with Gasteiger partial charge in [0.25, 0.3) is 5.91 Å². The molecule has 0 bridgehead atoms. The molecule has 0 saturated carbocycles. The van der Waals surface area contributed by atoms with Crippen LogP contribution in [0, 0.1) is 0 Å². The fourth-order valence-corrected chi connectivity index (χ4v) is 4.08. The smallest absolute Gasteiger partial charge is 0.251 e. The fraction of sp³-hybridized carbons (Fsp3) is 0.269. The van der Waals surface area contributed by atoms with Crippen molar-refractivity contribution in [2.24, 2.45) is 0 Å². The number of rotatable bonds is 5. The largest absolute Gasteiger partial charge is 0.345 e. The molecule has 1 N–H and O–H groups in total. The summed E-state index contributed by atoms with van der Waals surface area (Å²) in [6, 6.07) is 24.9. The third-order valence-corrected chi connectivity index (χ3v) is 5.74. The van der Waals surface area contributed by atoms with Crippen molar-refractivity contribution in [1.29, 1.82) is 0 Å². The molecule has 0 spiro atoms. The van der Waals surface area contributed by atoms with E-state index in [1.807, 2.05) is 42.5 Å². The molecule has 2 nitrogen and oxygen atoms in total. The van der Waals surface area contributed by atoms with Crippen molar-refractivity contribution in [1.82, 2.24) is 5.32 Å². The molecule has 0 aliphatic heterocycles. The molecule has 0 unspecified atom stereocenters. The molecule has 142 valence electrons. The van der Waals surface area contributed by atoms with Crippen LogP contribution in [0.3, 0.4) is 0 Å². The number of carbonyl (C=O) groups is 1. The summed E-state index contributed by atoms with van der Waals surface area (Å²) in [6.45, 7) is 2.13. The van der Waals surface area contributed by atoms with E-state index in [-0.39, 0.29) is 11.9 Å². The van der Waals surface area contributed by atoms with Crippen LogP contribution in [0.1, 0.15) is 59.3 Å². The zero-order chi connectivity index (χ0) is 19.3. The van der Waals surface area contributed by atoms with Crippen LogP contribution in [0.2, 0.25) is 0 Å². The molecule has 0 saturated heterocycles. The van der Waals surface area contributed by atoms with Crippen LogP contribution in [0.5, 0.6) is 0 Å². The second-order valence-corrected chi connectivity index (χ2v) is 7.61. The van der Waals surface area contributed by atoms with E-state index in [9.17, 15) is 4.79 Å². The zero-order valence-corrected chi connectivity index (χ0v) is 16.4. The van der Waals surface area contributed by atoms with Gasteiger partial charge in [0.15, 0.2) is 0 Å². The number of hydrogen-bond acceptors (Lipinski definition) is 1. The molecule has 3 aromatic rings. The summed E-state index contributed by atoms with van der Waals surface area (Å²) in [5.41, 5.74) is 7.15. The van der Waals surface area contributed by atoms with Gasteiger partial charge in [0.2, 0.25) is 0 Å². The topological polar surface area (TPSA) is 29.1 Å². The van der Waals surface area contributed by atoms with E-state index in [1.165, 1.54) is 36.0 Å². The summed E-state index contributed by atoms with van der Waals surface area (Å²) in [4.78, 5) is 12.8. The van der Waals surface area contributed by atoms with Crippen LogP contribution in [0.25, 0.3) is 11.1 Å². The molecule has 0 heterocycles. The van der Waals surface area contributed by atoms with Gasteiger partial charge in [0.05, 0.1) is 6.04 Å². The Labute approximate surface area is 167 Å². The molecule has 2 heteroatoms. The predicted octanol–water partition coefficient (Wildman–Crippen LogP) is 6.11. The number of amides is 1. The Kier molecular flexibility index (Phi) is 5.57. The molecule has 0 aromatic heterocycles. The van der Waals surface area contributed by atoms with E-state index in [1.54, 1.807) is 0 Å². The summed E-state index contributed by atoms with van der Waals surface area (Å²) in [5, 5.41) is 3.23. The summed E-state index contributed by atoms with van der Waals surface area (Å²) in [5.74, 6) is -0.0100. The highest BCUT2D eigenvalue weighted by molar-refractivity contribution is 5.95. The lowest BCUT2D eigenvalue weighted by Gasteiger charge is -2.22. The highest BCUT2D eigenvalue weighted by atomic mass is 16.1. The Balaban J connectivity index is 1.48. The monoisotopic (exact) mass is 369 g/mol. The lowest BCUT2D eigenvalue weighted by molar-refractivity contribution is 0.0935. The van der Waals surface area contributed by atoms with Gasteiger partial charge in [-0.25, -0.2) is 0 Å². The van der Waals surface area contributed by atoms with E-state index in [4.69, 9.17) is 0 Å². The van der Waals surface area contributed by atoms with Gasteiger partial charge < -0.3 is 5.32 Å². The van der Waals surface area contributed by atoms with Crippen molar-refractivity contribution >= 4 is 5.91 Å². The molecule has 0 radical (unpaired) electrons. The fourth-order valence-electron chi connectivity index (χ4n) is 4.08. The van der Waals surface area contributed by atoms with Crippen LogP contribution in [-0.2, 0) is 12.8 Å². The van der Waals surface area contributed by atoms with Crippen LogP contribution in [0.4, 0.5) is 0 Å². The standard InChI is InChI=1S/C26H27NO/c1-2-25(24-17-14-20-10-6-7-11-23(20)18-24)27-26(28)22-15-12-21(13-16-22)19-8-4-3-5-9-19/h3-5,8-9,12-18,25H,2,6-7,10-11H2,1H3,(H,27,28)/t25-/m1/s1. The molecule has 1 atom stereocenters. The van der Waals surface area contributed by atoms with Gasteiger partial charge in [-0.05, 0) is 72.1 Å². The minimum atomic E-state index is -0.0100. The maximum Gasteiger partial charge on any atom is 0.251 e. The van der Waals surface area contributed by atoms with Gasteiger partial charge >= 0.3 is 0 Å². The minimum Gasteiger partial charge on any atom is -0.345 e. The van der Waals surface area contributed by atoms with Crippen LogP contribution < -0.4 is 5.32 Å². The predicted molar refractivity (Wildman–Crippen MR) is 115 cm³/mol. The summed E-state index contributed by atoms with van der Waals surface area (Å²) in [7, 11) is 0. The van der Waals surface area contributed by atoms with Gasteiger partial charge in [-0.2, -0.15) is 0 Å². The van der Waals surface area contributed by atoms with Gasteiger partial charge in [0, 0.05) is 5.56 Å². The molecule has 4 rings (SSSR count). The van der Waals surface area contributed by atoms with Crippen LogP contribution in [0.15, 0.2) is 72.8 Å². The average Bonchev–Trinajstić information content (AvgIpc) is 2.77. The number of carbonyl (C=O) groups excluding carboxylic acids is 1. The zero-order valence-electron chi connectivity index (χ0n) is 16.4. The molecule has 28 heavy (non-hydrogen) atoms. The van der Waals surface area contributed by atoms with E-state index >= 15 is 0 Å². The third kappa shape index (κ3) is 4.01. The number of nitrogens with one attached hydrogen (secondary N) is 1. The number of fused-ring (bicyclic) bond motifs is 1. The maximum atomic E-state index is 12.8. The van der Waals surface area contributed by atoms with Crippen LogP contribution >= 0.6 is 0 Å². The first-order chi connectivity index (χ1) is 13.7. The molecule has 3 aromatic carbocycles. The first-order valence-electron chi connectivity index (χ1n) is 10.3. The van der Waals surface area contributed by atoms with E-state index in [0.29, 0.717) is 5.56 Å². The lowest BCUT2D eigenvalue weighted by Crippen LogP contribution is -2.28. The van der Waals surface area contributed by atoms with Crippen molar-refractivity contribution < 1.29 is 4.79 Å². The highest BCUT2D eigenvalue weighted by Gasteiger charge is 2.17. The lowest BCUT2D eigenvalue weighted by atomic mass is 9.88. The van der Waals surface area contributed by atoms with Gasteiger partial charge in [-0.1, -0.05) is 67.6 Å². The van der Waals surface area contributed by atoms with Crippen molar-refractivity contribution in [3.63, 3.8) is 0 Å². The summed E-state index contributed by atoms with van der Waals surface area (Å²) < 4.78 is 0. The highest BCUT2D eigenvalue weighted by Crippen LogP contribution is 2.26. The van der Waals surface area contributed by atoms with E-state index in [2.05, 4.69) is 42.6 Å².